The second kappa shape index (κ2) is 6.10. The molecule has 0 aliphatic heterocycles. The number of carbonyl (C=O) groups is 1. The maximum absolute atomic E-state index is 12.2. The van der Waals surface area contributed by atoms with E-state index in [1.54, 1.807) is 0 Å². The normalized spacial score (nSPS) is 26.8. The van der Waals surface area contributed by atoms with Crippen LogP contribution < -0.4 is 0 Å². The zero-order valence-corrected chi connectivity index (χ0v) is 12.6. The van der Waals surface area contributed by atoms with Gasteiger partial charge in [0.1, 0.15) is 0 Å². The molecule has 104 valence electrons. The van der Waals surface area contributed by atoms with Crippen molar-refractivity contribution >= 4 is 5.97 Å². The molecule has 0 aromatic carbocycles. The molecule has 1 aliphatic rings. The Labute approximate surface area is 116 Å². The monoisotopic (exact) mass is 260 g/mol. The van der Waals surface area contributed by atoms with Gasteiger partial charge in [0.15, 0.2) is 6.10 Å². The highest BCUT2D eigenvalue weighted by Gasteiger charge is 2.61. The first kappa shape index (κ1) is 15.6. The second-order valence-electron chi connectivity index (χ2n) is 5.69. The first-order chi connectivity index (χ1) is 8.89. The SMILES string of the molecule is C#CC(OC(=O)C1C(C=CC)C1(C)C)C(C)=CCC. The fraction of sp³-hybridized carbons (Fsp3) is 0.588. The Bertz CT molecular complexity index is 435. The summed E-state index contributed by atoms with van der Waals surface area (Å²) in [5, 5.41) is 0. The molecule has 1 rings (SSSR count). The summed E-state index contributed by atoms with van der Waals surface area (Å²) in [6, 6.07) is 0. The largest absolute Gasteiger partial charge is 0.444 e. The van der Waals surface area contributed by atoms with Crippen molar-refractivity contribution in [2.45, 2.75) is 47.1 Å². The number of rotatable bonds is 5. The van der Waals surface area contributed by atoms with Gasteiger partial charge in [-0.3, -0.25) is 4.79 Å². The predicted molar refractivity (Wildman–Crippen MR) is 78.3 cm³/mol. The predicted octanol–water partition coefficient (Wildman–Crippen LogP) is 3.74. The van der Waals surface area contributed by atoms with Crippen molar-refractivity contribution in [2.75, 3.05) is 0 Å². The third-order valence-electron chi connectivity index (χ3n) is 3.89. The Morgan fingerprint density at radius 2 is 2.16 bits per heavy atom. The standard InChI is InChI=1S/C17H24O2/c1-7-10-12(4)14(9-3)19-16(18)15-13(11-8-2)17(15,5)6/h3,8,10-11,13-15H,7H2,1-2,4-6H3. The van der Waals surface area contributed by atoms with Gasteiger partial charge in [0.05, 0.1) is 5.92 Å². The van der Waals surface area contributed by atoms with Gasteiger partial charge in [-0.2, -0.15) is 0 Å². The maximum Gasteiger partial charge on any atom is 0.311 e. The molecule has 0 bridgehead atoms. The molecule has 0 amide bonds. The van der Waals surface area contributed by atoms with Crippen LogP contribution in [0.5, 0.6) is 0 Å². The number of carbonyl (C=O) groups excluding carboxylic acids is 1. The lowest BCUT2D eigenvalue weighted by Gasteiger charge is -2.13. The first-order valence-electron chi connectivity index (χ1n) is 6.86. The lowest BCUT2D eigenvalue weighted by atomic mass is 10.1. The molecule has 3 unspecified atom stereocenters. The van der Waals surface area contributed by atoms with Crippen molar-refractivity contribution in [3.05, 3.63) is 23.8 Å². The lowest BCUT2D eigenvalue weighted by molar-refractivity contribution is -0.147. The Morgan fingerprint density at radius 3 is 2.63 bits per heavy atom. The third-order valence-corrected chi connectivity index (χ3v) is 3.89. The van der Waals surface area contributed by atoms with E-state index in [0.717, 1.165) is 12.0 Å². The van der Waals surface area contributed by atoms with E-state index in [0.29, 0.717) is 0 Å². The zero-order chi connectivity index (χ0) is 14.6. The van der Waals surface area contributed by atoms with Crippen molar-refractivity contribution in [3.63, 3.8) is 0 Å². The quantitative estimate of drug-likeness (QED) is 0.427. The van der Waals surface area contributed by atoms with E-state index in [1.165, 1.54) is 0 Å². The van der Waals surface area contributed by atoms with Gasteiger partial charge in [0, 0.05) is 0 Å². The van der Waals surface area contributed by atoms with Crippen molar-refractivity contribution < 1.29 is 9.53 Å². The topological polar surface area (TPSA) is 26.3 Å². The first-order valence-corrected chi connectivity index (χ1v) is 6.86. The van der Waals surface area contributed by atoms with Crippen molar-refractivity contribution in [1.82, 2.24) is 0 Å². The average Bonchev–Trinajstić information content (AvgIpc) is 2.88. The van der Waals surface area contributed by atoms with Crippen LogP contribution in [0.25, 0.3) is 0 Å². The summed E-state index contributed by atoms with van der Waals surface area (Å²) >= 11 is 0. The number of hydrogen-bond acceptors (Lipinski definition) is 2. The fourth-order valence-corrected chi connectivity index (χ4v) is 2.57. The Hall–Kier alpha value is -1.49. The van der Waals surface area contributed by atoms with Crippen LogP contribution in [0.15, 0.2) is 23.8 Å². The van der Waals surface area contributed by atoms with E-state index in [1.807, 2.05) is 32.9 Å². The van der Waals surface area contributed by atoms with Crippen LogP contribution in [0, 0.1) is 29.6 Å². The van der Waals surface area contributed by atoms with Gasteiger partial charge < -0.3 is 4.74 Å². The number of ether oxygens (including phenoxy) is 1. The van der Waals surface area contributed by atoms with Crippen molar-refractivity contribution in [2.24, 2.45) is 17.3 Å². The third kappa shape index (κ3) is 3.29. The summed E-state index contributed by atoms with van der Waals surface area (Å²) < 4.78 is 5.47. The fourth-order valence-electron chi connectivity index (χ4n) is 2.57. The van der Waals surface area contributed by atoms with E-state index < -0.39 is 6.10 Å². The van der Waals surface area contributed by atoms with Crippen LogP contribution in [-0.4, -0.2) is 12.1 Å². The minimum atomic E-state index is -0.532. The molecular weight excluding hydrogens is 236 g/mol. The summed E-state index contributed by atoms with van der Waals surface area (Å²) in [6.07, 6.45) is 11.9. The molecule has 0 heterocycles. The molecule has 1 saturated carbocycles. The highest BCUT2D eigenvalue weighted by Crippen LogP contribution is 2.59. The van der Waals surface area contributed by atoms with E-state index >= 15 is 0 Å². The number of esters is 1. The van der Waals surface area contributed by atoms with Gasteiger partial charge in [0.2, 0.25) is 0 Å². The van der Waals surface area contributed by atoms with E-state index in [-0.39, 0.29) is 23.2 Å². The van der Waals surface area contributed by atoms with Gasteiger partial charge >= 0.3 is 5.97 Å². The second-order valence-corrected chi connectivity index (χ2v) is 5.69. The van der Waals surface area contributed by atoms with Crippen LogP contribution in [-0.2, 0) is 9.53 Å². The number of terminal acetylenes is 1. The Morgan fingerprint density at radius 1 is 1.53 bits per heavy atom. The van der Waals surface area contributed by atoms with E-state index in [4.69, 9.17) is 11.2 Å². The summed E-state index contributed by atoms with van der Waals surface area (Å²) in [5.74, 6) is 2.55. The van der Waals surface area contributed by atoms with Crippen molar-refractivity contribution in [1.29, 1.82) is 0 Å². The molecule has 2 nitrogen and oxygen atoms in total. The van der Waals surface area contributed by atoms with Crippen molar-refractivity contribution in [3.8, 4) is 12.3 Å². The average molecular weight is 260 g/mol. The maximum atomic E-state index is 12.2. The molecule has 0 spiro atoms. The Kier molecular flexibility index (Phi) is 5.00. The smallest absolute Gasteiger partial charge is 0.311 e. The van der Waals surface area contributed by atoms with Gasteiger partial charge in [-0.05, 0) is 37.2 Å². The molecule has 1 fully saturated rings. The zero-order valence-electron chi connectivity index (χ0n) is 12.6. The molecule has 0 saturated heterocycles. The van der Waals surface area contributed by atoms with E-state index in [2.05, 4.69) is 25.8 Å². The molecule has 19 heavy (non-hydrogen) atoms. The van der Waals surface area contributed by atoms with Gasteiger partial charge in [-0.25, -0.2) is 0 Å². The molecule has 0 aromatic heterocycles. The minimum absolute atomic E-state index is 0.0227. The van der Waals surface area contributed by atoms with Crippen LogP contribution in [0.4, 0.5) is 0 Å². The summed E-state index contributed by atoms with van der Waals surface area (Å²) in [4.78, 5) is 12.2. The molecule has 0 N–H and O–H groups in total. The molecule has 3 atom stereocenters. The Balaban J connectivity index is 2.71. The summed E-state index contributed by atoms with van der Waals surface area (Å²) in [7, 11) is 0. The highest BCUT2D eigenvalue weighted by atomic mass is 16.5. The molecule has 0 aromatic rings. The van der Waals surface area contributed by atoms with Gasteiger partial charge in [0.25, 0.3) is 0 Å². The molecule has 0 radical (unpaired) electrons. The van der Waals surface area contributed by atoms with Gasteiger partial charge in [-0.1, -0.05) is 44.9 Å². The highest BCUT2D eigenvalue weighted by molar-refractivity contribution is 5.78. The molecule has 1 aliphatic carbocycles. The number of allylic oxidation sites excluding steroid dienone is 3. The minimum Gasteiger partial charge on any atom is -0.444 e. The lowest BCUT2D eigenvalue weighted by Crippen LogP contribution is -2.20. The van der Waals surface area contributed by atoms with Crippen LogP contribution >= 0.6 is 0 Å². The summed E-state index contributed by atoms with van der Waals surface area (Å²) in [6.45, 7) is 10.1. The van der Waals surface area contributed by atoms with Crippen LogP contribution in [0.3, 0.4) is 0 Å². The molecular formula is C17H24O2. The number of hydrogen-bond donors (Lipinski definition) is 0. The summed E-state index contributed by atoms with van der Waals surface area (Å²) in [5.41, 5.74) is 0.907. The van der Waals surface area contributed by atoms with Crippen LogP contribution in [0.1, 0.15) is 41.0 Å². The van der Waals surface area contributed by atoms with E-state index in [9.17, 15) is 4.79 Å². The molecule has 2 heteroatoms. The van der Waals surface area contributed by atoms with Gasteiger partial charge in [-0.15, -0.1) is 6.42 Å². The van der Waals surface area contributed by atoms with Crippen LogP contribution in [0.2, 0.25) is 0 Å².